The summed E-state index contributed by atoms with van der Waals surface area (Å²) >= 11 is 5.90. The van der Waals surface area contributed by atoms with Gasteiger partial charge in [0, 0.05) is 23.1 Å². The second kappa shape index (κ2) is 8.84. The van der Waals surface area contributed by atoms with Crippen LogP contribution < -0.4 is 5.32 Å². The molecule has 0 aliphatic rings. The smallest absolute Gasteiger partial charge is 0.322 e. The maximum absolute atomic E-state index is 13.8. The molecule has 2 aromatic carbocycles. The van der Waals surface area contributed by atoms with Gasteiger partial charge in [0.05, 0.1) is 17.4 Å². The van der Waals surface area contributed by atoms with E-state index in [0.717, 1.165) is 17.3 Å². The van der Waals surface area contributed by atoms with Crippen LogP contribution >= 0.6 is 11.6 Å². The lowest BCUT2D eigenvalue weighted by Crippen LogP contribution is -2.20. The third kappa shape index (κ3) is 4.81. The Morgan fingerprint density at radius 2 is 1.69 bits per heavy atom. The topological polar surface area (TPSA) is 59.8 Å². The number of pyridine rings is 1. The van der Waals surface area contributed by atoms with Crippen LogP contribution in [0, 0.1) is 0 Å². The van der Waals surface area contributed by atoms with Crippen LogP contribution in [0.4, 0.5) is 18.9 Å². The number of amides is 1. The third-order valence-corrected chi connectivity index (χ3v) is 4.94. The molecule has 32 heavy (non-hydrogen) atoms. The molecule has 162 valence electrons. The van der Waals surface area contributed by atoms with Gasteiger partial charge in [-0.05, 0) is 60.0 Å². The van der Waals surface area contributed by atoms with E-state index < -0.39 is 23.3 Å². The molecule has 9 heteroatoms. The Bertz CT molecular complexity index is 1240. The Hall–Kier alpha value is -3.65. The summed E-state index contributed by atoms with van der Waals surface area (Å²) in [6, 6.07) is 16.5. The monoisotopic (exact) mass is 456 g/mol. The van der Waals surface area contributed by atoms with Gasteiger partial charge in [0.25, 0.3) is 5.91 Å². The van der Waals surface area contributed by atoms with Crippen molar-refractivity contribution in [3.8, 4) is 5.69 Å². The zero-order valence-corrected chi connectivity index (χ0v) is 17.2. The summed E-state index contributed by atoms with van der Waals surface area (Å²) in [4.78, 5) is 16.6. The van der Waals surface area contributed by atoms with Gasteiger partial charge in [-0.25, -0.2) is 4.68 Å². The standard InChI is InChI=1S/C23H16ClF3N4O/c24-17-2-1-3-19(13-17)31-21(23(25,26)27)20(14-29-31)22(32)30-18-6-4-15(5-7-18)12-16-8-10-28-11-9-16/h1-11,13-14H,12H2,(H,30,32). The summed E-state index contributed by atoms with van der Waals surface area (Å²) in [5.74, 6) is -0.910. The van der Waals surface area contributed by atoms with E-state index in [1.807, 2.05) is 12.1 Å². The number of hydrogen-bond acceptors (Lipinski definition) is 3. The van der Waals surface area contributed by atoms with E-state index >= 15 is 0 Å². The highest BCUT2D eigenvalue weighted by atomic mass is 35.5. The zero-order valence-electron chi connectivity index (χ0n) is 16.5. The number of alkyl halides is 3. The van der Waals surface area contributed by atoms with Gasteiger partial charge in [-0.3, -0.25) is 9.78 Å². The van der Waals surface area contributed by atoms with Crippen molar-refractivity contribution >= 4 is 23.2 Å². The molecule has 2 aromatic heterocycles. The molecule has 0 aliphatic carbocycles. The Labute approximate surface area is 186 Å². The van der Waals surface area contributed by atoms with Crippen LogP contribution in [0.2, 0.25) is 5.02 Å². The average Bonchev–Trinajstić information content (AvgIpc) is 3.22. The molecule has 1 N–H and O–H groups in total. The van der Waals surface area contributed by atoms with Crippen molar-refractivity contribution in [1.29, 1.82) is 0 Å². The first-order chi connectivity index (χ1) is 15.3. The van der Waals surface area contributed by atoms with Crippen LogP contribution in [0.15, 0.2) is 79.3 Å². The van der Waals surface area contributed by atoms with Crippen molar-refractivity contribution in [1.82, 2.24) is 14.8 Å². The van der Waals surface area contributed by atoms with E-state index in [2.05, 4.69) is 15.4 Å². The molecular formula is C23H16ClF3N4O. The van der Waals surface area contributed by atoms with Gasteiger partial charge in [0.2, 0.25) is 0 Å². The van der Waals surface area contributed by atoms with E-state index in [9.17, 15) is 18.0 Å². The van der Waals surface area contributed by atoms with E-state index in [1.54, 1.807) is 36.7 Å². The molecule has 0 spiro atoms. The first kappa shape index (κ1) is 21.6. The molecule has 0 atom stereocenters. The minimum Gasteiger partial charge on any atom is -0.322 e. The molecular weight excluding hydrogens is 441 g/mol. The average molecular weight is 457 g/mol. The van der Waals surface area contributed by atoms with Gasteiger partial charge in [0.1, 0.15) is 0 Å². The zero-order chi connectivity index (χ0) is 22.7. The van der Waals surface area contributed by atoms with Crippen LogP contribution in [0.3, 0.4) is 0 Å². The summed E-state index contributed by atoms with van der Waals surface area (Å²) in [6.45, 7) is 0. The molecule has 0 bridgehead atoms. The van der Waals surface area contributed by atoms with Gasteiger partial charge < -0.3 is 5.32 Å². The number of nitrogens with one attached hydrogen (secondary N) is 1. The molecule has 0 aliphatic heterocycles. The highest BCUT2D eigenvalue weighted by Crippen LogP contribution is 2.34. The largest absolute Gasteiger partial charge is 0.434 e. The summed E-state index contributed by atoms with van der Waals surface area (Å²) in [7, 11) is 0. The molecule has 0 fully saturated rings. The Kier molecular flexibility index (Phi) is 5.96. The summed E-state index contributed by atoms with van der Waals surface area (Å²) < 4.78 is 42.1. The van der Waals surface area contributed by atoms with Crippen molar-refractivity contribution in [2.45, 2.75) is 12.6 Å². The van der Waals surface area contributed by atoms with Crippen LogP contribution in [0.25, 0.3) is 5.69 Å². The van der Waals surface area contributed by atoms with Crippen LogP contribution in [-0.4, -0.2) is 20.7 Å². The number of benzene rings is 2. The SMILES string of the molecule is O=C(Nc1ccc(Cc2ccncc2)cc1)c1cnn(-c2cccc(Cl)c2)c1C(F)(F)F. The molecule has 2 heterocycles. The second-order valence-corrected chi connectivity index (χ2v) is 7.42. The normalized spacial score (nSPS) is 11.4. The molecule has 1 amide bonds. The fourth-order valence-corrected chi connectivity index (χ4v) is 3.42. The Morgan fingerprint density at radius 1 is 1.00 bits per heavy atom. The highest BCUT2D eigenvalue weighted by molar-refractivity contribution is 6.30. The number of carbonyl (C=O) groups excluding carboxylic acids is 1. The summed E-state index contributed by atoms with van der Waals surface area (Å²) in [6.07, 6.45) is 0.162. The van der Waals surface area contributed by atoms with Crippen LogP contribution in [0.5, 0.6) is 0 Å². The first-order valence-electron chi connectivity index (χ1n) is 9.51. The van der Waals surface area contributed by atoms with E-state index in [4.69, 9.17) is 11.6 Å². The molecule has 0 saturated heterocycles. The lowest BCUT2D eigenvalue weighted by Gasteiger charge is -2.13. The summed E-state index contributed by atoms with van der Waals surface area (Å²) in [5.41, 5.74) is 0.769. The van der Waals surface area contributed by atoms with Gasteiger partial charge in [-0.15, -0.1) is 0 Å². The minimum absolute atomic E-state index is 0.101. The Balaban J connectivity index is 1.57. The number of aromatic nitrogens is 3. The highest BCUT2D eigenvalue weighted by Gasteiger charge is 2.40. The number of nitrogens with zero attached hydrogens (tertiary/aromatic N) is 3. The van der Waals surface area contributed by atoms with Crippen LogP contribution in [0.1, 0.15) is 27.2 Å². The molecule has 0 saturated carbocycles. The number of halogens is 4. The van der Waals surface area contributed by atoms with E-state index in [-0.39, 0.29) is 10.7 Å². The van der Waals surface area contributed by atoms with Gasteiger partial charge in [0.15, 0.2) is 5.69 Å². The number of carbonyl (C=O) groups is 1. The van der Waals surface area contributed by atoms with Gasteiger partial charge >= 0.3 is 6.18 Å². The first-order valence-corrected chi connectivity index (χ1v) is 9.89. The molecule has 0 unspecified atom stereocenters. The molecule has 4 aromatic rings. The van der Waals surface area contributed by atoms with E-state index in [1.165, 1.54) is 24.3 Å². The van der Waals surface area contributed by atoms with Crippen LogP contribution in [-0.2, 0) is 12.6 Å². The quantitative estimate of drug-likeness (QED) is 0.414. The van der Waals surface area contributed by atoms with Gasteiger partial charge in [-0.2, -0.15) is 18.3 Å². The number of anilines is 1. The molecule has 5 nitrogen and oxygen atoms in total. The fourth-order valence-electron chi connectivity index (χ4n) is 3.23. The fraction of sp³-hybridized carbons (Fsp3) is 0.0870. The third-order valence-electron chi connectivity index (χ3n) is 4.70. The second-order valence-electron chi connectivity index (χ2n) is 6.98. The predicted molar refractivity (Wildman–Crippen MR) is 115 cm³/mol. The van der Waals surface area contributed by atoms with Gasteiger partial charge in [-0.1, -0.05) is 29.8 Å². The summed E-state index contributed by atoms with van der Waals surface area (Å²) in [5, 5.41) is 6.55. The Morgan fingerprint density at radius 3 is 2.34 bits per heavy atom. The maximum Gasteiger partial charge on any atom is 0.434 e. The maximum atomic E-state index is 13.8. The van der Waals surface area contributed by atoms with E-state index in [0.29, 0.717) is 16.8 Å². The van der Waals surface area contributed by atoms with Crippen molar-refractivity contribution in [3.63, 3.8) is 0 Å². The molecule has 0 radical (unpaired) electrons. The van der Waals surface area contributed by atoms with Crippen molar-refractivity contribution in [3.05, 3.63) is 107 Å². The molecule has 4 rings (SSSR count). The van der Waals surface area contributed by atoms with Crippen molar-refractivity contribution in [2.75, 3.05) is 5.32 Å². The predicted octanol–water partition coefficient (Wildman–Crippen LogP) is 5.78. The van der Waals surface area contributed by atoms with Crippen molar-refractivity contribution < 1.29 is 18.0 Å². The number of hydrogen-bond donors (Lipinski definition) is 1. The number of rotatable bonds is 5. The lowest BCUT2D eigenvalue weighted by molar-refractivity contribution is -0.143. The minimum atomic E-state index is -4.81. The lowest BCUT2D eigenvalue weighted by atomic mass is 10.1. The van der Waals surface area contributed by atoms with Crippen molar-refractivity contribution in [2.24, 2.45) is 0 Å².